The fourth-order valence-corrected chi connectivity index (χ4v) is 2.39. The van der Waals surface area contributed by atoms with Crippen molar-refractivity contribution in [3.05, 3.63) is 0 Å². The Morgan fingerprint density at radius 2 is 1.66 bits per heavy atom. The molecule has 0 fully saturated rings. The second kappa shape index (κ2) is 15.3. The van der Waals surface area contributed by atoms with Crippen LogP contribution < -0.4 is 21.8 Å². The summed E-state index contributed by atoms with van der Waals surface area (Å²) in [6.07, 6.45) is 2.46. The minimum atomic E-state index is -1.37. The minimum absolute atomic E-state index is 0.00188. The molecule has 1 unspecified atom stereocenters. The van der Waals surface area contributed by atoms with Gasteiger partial charge in [-0.25, -0.2) is 4.79 Å². The van der Waals surface area contributed by atoms with Gasteiger partial charge >= 0.3 is 24.0 Å². The third-order valence-corrected chi connectivity index (χ3v) is 4.44. The van der Waals surface area contributed by atoms with Gasteiger partial charge in [-0.05, 0) is 38.0 Å². The number of unbranched alkanes of at least 4 members (excludes halogenated alkanes) is 1. The van der Waals surface area contributed by atoms with Crippen molar-refractivity contribution in [3.8, 4) is 0 Å². The van der Waals surface area contributed by atoms with Crippen LogP contribution in [0.3, 0.4) is 0 Å². The fourth-order valence-electron chi connectivity index (χ4n) is 2.39. The van der Waals surface area contributed by atoms with Gasteiger partial charge in [0.25, 0.3) is 0 Å². The highest BCUT2D eigenvalue weighted by Gasteiger charge is 2.36. The summed E-state index contributed by atoms with van der Waals surface area (Å²) in [6.45, 7) is 7.97. The Balaban J connectivity index is 3.99. The lowest BCUT2D eigenvalue weighted by molar-refractivity contribution is -0.462. The molecule has 32 heavy (non-hydrogen) atoms. The molecule has 0 saturated carbocycles. The molecule has 7 N–H and O–H groups in total. The van der Waals surface area contributed by atoms with Crippen LogP contribution in [0.2, 0.25) is 0 Å². The monoisotopic (exact) mass is 461 g/mol. The van der Waals surface area contributed by atoms with E-state index < -0.39 is 30.1 Å². The van der Waals surface area contributed by atoms with Crippen molar-refractivity contribution < 1.29 is 38.7 Å². The first-order valence-corrected chi connectivity index (χ1v) is 10.9. The Morgan fingerprint density at radius 3 is 2.25 bits per heavy atom. The van der Waals surface area contributed by atoms with Gasteiger partial charge in [0.1, 0.15) is 18.6 Å². The Morgan fingerprint density at radius 1 is 0.969 bits per heavy atom. The molecule has 186 valence electrons. The van der Waals surface area contributed by atoms with Crippen molar-refractivity contribution in [3.63, 3.8) is 0 Å². The fraction of sp³-hybridized carbons (Fsp3) is 0.810. The van der Waals surface area contributed by atoms with Crippen LogP contribution in [0.5, 0.6) is 0 Å². The quantitative estimate of drug-likeness (QED) is 0.0683. The highest BCUT2D eigenvalue weighted by atomic mass is 16.6. The van der Waals surface area contributed by atoms with Gasteiger partial charge in [0, 0.05) is 13.0 Å². The molecule has 0 aliphatic carbocycles. The minimum Gasteiger partial charge on any atom is -0.464 e. The van der Waals surface area contributed by atoms with Crippen molar-refractivity contribution in [2.45, 2.75) is 59.8 Å². The van der Waals surface area contributed by atoms with Crippen molar-refractivity contribution in [2.24, 2.45) is 22.3 Å². The molecule has 0 aliphatic heterocycles. The number of carbonyl (C=O) groups excluding carboxylic acids is 3. The van der Waals surface area contributed by atoms with Crippen molar-refractivity contribution in [1.29, 1.82) is 0 Å². The number of hydrogen-bond acceptors (Lipinski definition) is 7. The van der Waals surface area contributed by atoms with E-state index >= 15 is 0 Å². The molecule has 0 spiro atoms. The summed E-state index contributed by atoms with van der Waals surface area (Å²) < 4.78 is 15.2. The van der Waals surface area contributed by atoms with Crippen LogP contribution in [0.1, 0.15) is 59.8 Å². The normalized spacial score (nSPS) is 12.9. The van der Waals surface area contributed by atoms with E-state index in [-0.39, 0.29) is 44.2 Å². The van der Waals surface area contributed by atoms with Crippen LogP contribution in [0, 0.1) is 10.8 Å². The predicted octanol–water partition coefficient (Wildman–Crippen LogP) is -0.852. The summed E-state index contributed by atoms with van der Waals surface area (Å²) in [5.41, 5.74) is 9.32. The average molecular weight is 462 g/mol. The van der Waals surface area contributed by atoms with Crippen LogP contribution in [0.25, 0.3) is 0 Å². The van der Waals surface area contributed by atoms with E-state index in [4.69, 9.17) is 25.7 Å². The first kappa shape index (κ1) is 29.4. The number of alkyl carbamates (subject to hydrolysis) is 1. The van der Waals surface area contributed by atoms with Crippen LogP contribution in [-0.4, -0.2) is 68.6 Å². The van der Waals surface area contributed by atoms with E-state index in [2.05, 4.69) is 31.1 Å². The molecule has 0 aliphatic rings. The van der Waals surface area contributed by atoms with Gasteiger partial charge in [-0.2, -0.15) is 0 Å². The summed E-state index contributed by atoms with van der Waals surface area (Å²) >= 11 is 0. The molecule has 0 saturated heterocycles. The molecular formula is C21H41N4O7+. The number of amides is 1. The van der Waals surface area contributed by atoms with Gasteiger partial charge < -0.3 is 24.6 Å². The van der Waals surface area contributed by atoms with Gasteiger partial charge in [-0.15, -0.1) is 0 Å². The maximum absolute atomic E-state index is 12.1. The lowest BCUT2D eigenvalue weighted by Crippen LogP contribution is -2.79. The number of guanidine groups is 1. The molecule has 11 nitrogen and oxygen atoms in total. The molecule has 0 radical (unpaired) electrons. The predicted molar refractivity (Wildman–Crippen MR) is 118 cm³/mol. The zero-order valence-electron chi connectivity index (χ0n) is 19.8. The second-order valence-electron chi connectivity index (χ2n) is 9.08. The van der Waals surface area contributed by atoms with Crippen LogP contribution in [0.15, 0.2) is 0 Å². The van der Waals surface area contributed by atoms with E-state index in [1.807, 2.05) is 0 Å². The zero-order valence-corrected chi connectivity index (χ0v) is 19.8. The molecule has 1 amide bonds. The molecule has 11 heteroatoms. The van der Waals surface area contributed by atoms with Gasteiger partial charge in [0.05, 0.1) is 19.8 Å². The van der Waals surface area contributed by atoms with Crippen LogP contribution >= 0.6 is 0 Å². The van der Waals surface area contributed by atoms with Crippen molar-refractivity contribution in [1.82, 2.24) is 5.32 Å². The maximum Gasteiger partial charge on any atom is 0.407 e. The Kier molecular flexibility index (Phi) is 14.1. The van der Waals surface area contributed by atoms with E-state index in [1.165, 1.54) is 6.92 Å². The standard InChI is InChI=1S/C21H40N4O7/c1-20(2,3)9-7-10-25-19(29)31-12-6-5-8-16(27)32-15-21(4,14-26)17(28)30-13-11-24-18(22)23/h26H,5-15H2,1-4H3,(H,25,29)(H4,22,23,24)/p+1. The number of nitrogens with two attached hydrogens (primary N) is 2. The first-order valence-electron chi connectivity index (χ1n) is 10.9. The van der Waals surface area contributed by atoms with Crippen LogP contribution in [0.4, 0.5) is 4.79 Å². The largest absolute Gasteiger partial charge is 0.464 e. The number of aliphatic hydroxyl groups is 1. The van der Waals surface area contributed by atoms with Crippen LogP contribution in [-0.2, 0) is 23.8 Å². The van der Waals surface area contributed by atoms with E-state index in [1.54, 1.807) is 0 Å². The lowest BCUT2D eigenvalue weighted by Gasteiger charge is -2.24. The highest BCUT2D eigenvalue weighted by molar-refractivity contribution is 5.77. The first-order chi connectivity index (χ1) is 14.9. The van der Waals surface area contributed by atoms with Crippen molar-refractivity contribution >= 4 is 24.0 Å². The Labute approximate surface area is 190 Å². The van der Waals surface area contributed by atoms with E-state index in [9.17, 15) is 19.5 Å². The number of esters is 2. The number of nitrogens with one attached hydrogen (secondary N) is 2. The second-order valence-corrected chi connectivity index (χ2v) is 9.08. The number of hydrogen-bond donors (Lipinski definition) is 5. The molecule has 0 aromatic rings. The number of rotatable bonds is 15. The molecule has 0 rings (SSSR count). The SMILES string of the molecule is CC(C)(C)CCCNC(=O)OCCCCC(=O)OCC(C)(CO)C(=O)OCC[NH+]=C(N)N. The van der Waals surface area contributed by atoms with E-state index in [0.717, 1.165) is 12.8 Å². The molecule has 1 atom stereocenters. The summed E-state index contributed by atoms with van der Waals surface area (Å²) in [7, 11) is 0. The summed E-state index contributed by atoms with van der Waals surface area (Å²) in [4.78, 5) is 38.2. The molecular weight excluding hydrogens is 420 g/mol. The smallest absolute Gasteiger partial charge is 0.407 e. The lowest BCUT2D eigenvalue weighted by atomic mass is 9.91. The topological polar surface area (TPSA) is 177 Å². The molecule has 0 heterocycles. The maximum atomic E-state index is 12.1. The zero-order chi connectivity index (χ0) is 24.6. The van der Waals surface area contributed by atoms with E-state index in [0.29, 0.717) is 19.4 Å². The molecule has 0 bridgehead atoms. The Hall–Kier alpha value is -2.56. The Bertz CT molecular complexity index is 616. The van der Waals surface area contributed by atoms with Gasteiger partial charge in [-0.3, -0.25) is 26.0 Å². The average Bonchev–Trinajstić information content (AvgIpc) is 2.71. The van der Waals surface area contributed by atoms with Gasteiger partial charge in [-0.1, -0.05) is 20.8 Å². The number of ether oxygens (including phenoxy) is 3. The summed E-state index contributed by atoms with van der Waals surface area (Å²) in [5, 5.41) is 12.2. The number of carbonyl (C=O) groups is 3. The molecule has 0 aromatic carbocycles. The third-order valence-electron chi connectivity index (χ3n) is 4.44. The summed E-state index contributed by atoms with van der Waals surface area (Å²) in [5.74, 6) is -1.22. The highest BCUT2D eigenvalue weighted by Crippen LogP contribution is 2.20. The third kappa shape index (κ3) is 15.3. The molecule has 0 aromatic heterocycles. The van der Waals surface area contributed by atoms with Gasteiger partial charge in [0.15, 0.2) is 0 Å². The van der Waals surface area contributed by atoms with Crippen molar-refractivity contribution in [2.75, 3.05) is 39.5 Å². The summed E-state index contributed by atoms with van der Waals surface area (Å²) in [6, 6.07) is 0. The van der Waals surface area contributed by atoms with Gasteiger partial charge in [0.2, 0.25) is 0 Å². The number of aliphatic hydroxyl groups excluding tert-OH is 1.